The van der Waals surface area contributed by atoms with E-state index in [0.717, 1.165) is 19.3 Å². The molecular weight excluding hydrogens is 272 g/mol. The van der Waals surface area contributed by atoms with E-state index >= 15 is 0 Å². The van der Waals surface area contributed by atoms with Crippen molar-refractivity contribution in [2.24, 2.45) is 0 Å². The minimum absolute atomic E-state index is 0.00720. The Labute approximate surface area is 102 Å². The molecule has 4 nitrogen and oxygen atoms in total. The smallest absolute Gasteiger partial charge is 0.270 e. The summed E-state index contributed by atoms with van der Waals surface area (Å²) in [6.45, 7) is -0.00720. The molecule has 1 aromatic rings. The van der Waals surface area contributed by atoms with Crippen LogP contribution in [0.25, 0.3) is 0 Å². The summed E-state index contributed by atoms with van der Waals surface area (Å²) in [5.41, 5.74) is -0.0461. The largest absolute Gasteiger partial charge is 0.394 e. The highest BCUT2D eigenvalue weighted by atomic mass is 79.9. The molecule has 5 heteroatoms. The molecule has 0 saturated heterocycles. The molecule has 1 aliphatic carbocycles. The van der Waals surface area contributed by atoms with E-state index in [4.69, 9.17) is 0 Å². The van der Waals surface area contributed by atoms with Gasteiger partial charge in [0.05, 0.1) is 12.1 Å². The Balaban J connectivity index is 2.08. The first kappa shape index (κ1) is 11.5. The third-order valence-electron chi connectivity index (χ3n) is 2.94. The Morgan fingerprint density at radius 2 is 2.31 bits per heavy atom. The molecule has 2 rings (SSSR count). The number of pyridine rings is 1. The molecule has 0 bridgehead atoms. The molecule has 0 atom stereocenters. The second-order valence-electron chi connectivity index (χ2n) is 4.09. The molecule has 0 aromatic carbocycles. The Morgan fingerprint density at radius 3 is 2.81 bits per heavy atom. The summed E-state index contributed by atoms with van der Waals surface area (Å²) in [4.78, 5) is 15.9. The third kappa shape index (κ3) is 2.25. The summed E-state index contributed by atoms with van der Waals surface area (Å²) in [5, 5.41) is 12.1. The average molecular weight is 285 g/mol. The maximum absolute atomic E-state index is 11.9. The summed E-state index contributed by atoms with van der Waals surface area (Å²) in [5.74, 6) is -0.227. The first-order valence-electron chi connectivity index (χ1n) is 5.21. The molecule has 0 radical (unpaired) electrons. The molecular formula is C11H13BrN2O2. The number of carbonyl (C=O) groups is 1. The van der Waals surface area contributed by atoms with Crippen molar-refractivity contribution in [3.05, 3.63) is 28.5 Å². The van der Waals surface area contributed by atoms with Gasteiger partial charge in [0, 0.05) is 0 Å². The predicted molar refractivity (Wildman–Crippen MR) is 63.1 cm³/mol. The van der Waals surface area contributed by atoms with E-state index in [1.807, 2.05) is 0 Å². The lowest BCUT2D eigenvalue weighted by Gasteiger charge is -2.40. The topological polar surface area (TPSA) is 62.2 Å². The number of aliphatic hydroxyl groups is 1. The fourth-order valence-electron chi connectivity index (χ4n) is 1.77. The van der Waals surface area contributed by atoms with Crippen molar-refractivity contribution in [1.82, 2.24) is 10.3 Å². The van der Waals surface area contributed by atoms with Crippen molar-refractivity contribution in [1.29, 1.82) is 0 Å². The molecule has 86 valence electrons. The van der Waals surface area contributed by atoms with Crippen LogP contribution >= 0.6 is 15.9 Å². The summed E-state index contributed by atoms with van der Waals surface area (Å²) < 4.78 is 0.631. The number of amides is 1. The fourth-order valence-corrected chi connectivity index (χ4v) is 2.11. The summed E-state index contributed by atoms with van der Waals surface area (Å²) >= 11 is 3.22. The van der Waals surface area contributed by atoms with Gasteiger partial charge in [0.15, 0.2) is 0 Å². The van der Waals surface area contributed by atoms with Crippen LogP contribution in [0.1, 0.15) is 29.8 Å². The van der Waals surface area contributed by atoms with Gasteiger partial charge in [-0.25, -0.2) is 4.98 Å². The fraction of sp³-hybridized carbons (Fsp3) is 0.455. The van der Waals surface area contributed by atoms with Gasteiger partial charge >= 0.3 is 0 Å². The summed E-state index contributed by atoms with van der Waals surface area (Å²) in [7, 11) is 0. The van der Waals surface area contributed by atoms with Crippen LogP contribution in [-0.2, 0) is 0 Å². The number of aromatic nitrogens is 1. The third-order valence-corrected chi connectivity index (χ3v) is 3.38. The van der Waals surface area contributed by atoms with Crippen molar-refractivity contribution in [2.75, 3.05) is 6.61 Å². The number of aliphatic hydroxyl groups excluding tert-OH is 1. The first-order valence-corrected chi connectivity index (χ1v) is 6.00. The minimum Gasteiger partial charge on any atom is -0.394 e. The van der Waals surface area contributed by atoms with Crippen LogP contribution < -0.4 is 5.32 Å². The second-order valence-corrected chi connectivity index (χ2v) is 4.90. The molecule has 1 saturated carbocycles. The number of nitrogens with zero attached hydrogens (tertiary/aromatic N) is 1. The van der Waals surface area contributed by atoms with Crippen molar-refractivity contribution >= 4 is 21.8 Å². The number of hydrogen-bond donors (Lipinski definition) is 2. The van der Waals surface area contributed by atoms with E-state index in [1.165, 1.54) is 0 Å². The van der Waals surface area contributed by atoms with Gasteiger partial charge in [-0.05, 0) is 47.3 Å². The normalized spacial score (nSPS) is 17.6. The van der Waals surface area contributed by atoms with Gasteiger partial charge in [0.25, 0.3) is 5.91 Å². The van der Waals surface area contributed by atoms with Crippen LogP contribution in [-0.4, -0.2) is 28.1 Å². The molecule has 1 aromatic heterocycles. The van der Waals surface area contributed by atoms with E-state index in [2.05, 4.69) is 26.2 Å². The van der Waals surface area contributed by atoms with E-state index in [9.17, 15) is 9.90 Å². The zero-order chi connectivity index (χ0) is 11.6. The van der Waals surface area contributed by atoms with E-state index < -0.39 is 5.54 Å². The SMILES string of the molecule is O=C(NC1(CO)CCC1)c1cccc(Br)n1. The zero-order valence-electron chi connectivity index (χ0n) is 8.74. The molecule has 1 fully saturated rings. The van der Waals surface area contributed by atoms with Crippen molar-refractivity contribution < 1.29 is 9.90 Å². The summed E-state index contributed by atoms with van der Waals surface area (Å²) in [6.07, 6.45) is 2.72. The maximum Gasteiger partial charge on any atom is 0.270 e. The van der Waals surface area contributed by atoms with Crippen LogP contribution in [0.3, 0.4) is 0 Å². The van der Waals surface area contributed by atoms with Gasteiger partial charge in [0.1, 0.15) is 10.3 Å². The number of nitrogens with one attached hydrogen (secondary N) is 1. The standard InChI is InChI=1S/C11H13BrN2O2/c12-9-4-1-3-8(13-9)10(16)14-11(7-15)5-2-6-11/h1,3-4,15H,2,5-7H2,(H,14,16). The summed E-state index contributed by atoms with van der Waals surface area (Å²) in [6, 6.07) is 5.18. The molecule has 0 unspecified atom stereocenters. The number of carbonyl (C=O) groups excluding carboxylic acids is 1. The minimum atomic E-state index is -0.416. The highest BCUT2D eigenvalue weighted by Gasteiger charge is 2.38. The average Bonchev–Trinajstić information content (AvgIpc) is 2.23. The molecule has 0 aliphatic heterocycles. The lowest BCUT2D eigenvalue weighted by Crippen LogP contribution is -2.56. The van der Waals surface area contributed by atoms with Crippen LogP contribution in [0.15, 0.2) is 22.8 Å². The Kier molecular flexibility index (Phi) is 3.25. The molecule has 16 heavy (non-hydrogen) atoms. The van der Waals surface area contributed by atoms with E-state index in [1.54, 1.807) is 18.2 Å². The number of rotatable bonds is 3. The van der Waals surface area contributed by atoms with Crippen LogP contribution in [0.4, 0.5) is 0 Å². The van der Waals surface area contributed by atoms with Crippen molar-refractivity contribution in [2.45, 2.75) is 24.8 Å². The molecule has 1 aliphatic rings. The van der Waals surface area contributed by atoms with Gasteiger partial charge in [-0.2, -0.15) is 0 Å². The molecule has 0 spiro atoms. The number of hydrogen-bond acceptors (Lipinski definition) is 3. The van der Waals surface area contributed by atoms with Gasteiger partial charge in [-0.15, -0.1) is 0 Å². The van der Waals surface area contributed by atoms with Gasteiger partial charge < -0.3 is 10.4 Å². The molecule has 2 N–H and O–H groups in total. The first-order chi connectivity index (χ1) is 7.65. The van der Waals surface area contributed by atoms with Crippen LogP contribution in [0.2, 0.25) is 0 Å². The van der Waals surface area contributed by atoms with Crippen LogP contribution in [0, 0.1) is 0 Å². The Hall–Kier alpha value is -0.940. The van der Waals surface area contributed by atoms with Gasteiger partial charge in [-0.3, -0.25) is 4.79 Å². The highest BCUT2D eigenvalue weighted by Crippen LogP contribution is 2.31. The molecule has 1 heterocycles. The van der Waals surface area contributed by atoms with E-state index in [-0.39, 0.29) is 12.5 Å². The monoisotopic (exact) mass is 284 g/mol. The lowest BCUT2D eigenvalue weighted by molar-refractivity contribution is 0.0637. The number of halogens is 1. The van der Waals surface area contributed by atoms with Crippen LogP contribution in [0.5, 0.6) is 0 Å². The quantitative estimate of drug-likeness (QED) is 0.827. The van der Waals surface area contributed by atoms with Gasteiger partial charge in [-0.1, -0.05) is 6.07 Å². The predicted octanol–water partition coefficient (Wildman–Crippen LogP) is 1.49. The van der Waals surface area contributed by atoms with Gasteiger partial charge in [0.2, 0.25) is 0 Å². The van der Waals surface area contributed by atoms with Crippen molar-refractivity contribution in [3.8, 4) is 0 Å². The second kappa shape index (κ2) is 4.51. The Bertz CT molecular complexity index is 399. The lowest BCUT2D eigenvalue weighted by atomic mass is 9.77. The highest BCUT2D eigenvalue weighted by molar-refractivity contribution is 9.10. The molecule has 1 amide bonds. The van der Waals surface area contributed by atoms with E-state index in [0.29, 0.717) is 10.3 Å². The Morgan fingerprint density at radius 1 is 1.56 bits per heavy atom. The maximum atomic E-state index is 11.9. The van der Waals surface area contributed by atoms with Crippen molar-refractivity contribution in [3.63, 3.8) is 0 Å². The zero-order valence-corrected chi connectivity index (χ0v) is 10.3.